The number of benzene rings is 1. The average Bonchev–Trinajstić information content (AvgIpc) is 2.15. The first-order valence-electron chi connectivity index (χ1n) is 3.68. The summed E-state index contributed by atoms with van der Waals surface area (Å²) < 4.78 is 0. The molecule has 0 spiro atoms. The molecule has 4 nitrogen and oxygen atoms in total. The van der Waals surface area contributed by atoms with E-state index in [1.54, 1.807) is 0 Å². The molecule has 0 fully saturated rings. The standard InChI is InChI=1S/C10H6O4/c11-9(12)6-3-7-1-4-8(5-2-7)10(13)14/h1-2,4-5H,(H,11,12)(H,13,14). The van der Waals surface area contributed by atoms with Crippen molar-refractivity contribution in [2.75, 3.05) is 0 Å². The SMILES string of the molecule is O=C(O)C#Cc1ccc(C(=O)O)cc1. The summed E-state index contributed by atoms with van der Waals surface area (Å²) in [5.74, 6) is 2.06. The minimum atomic E-state index is -1.22. The van der Waals surface area contributed by atoms with Crippen LogP contribution >= 0.6 is 0 Å². The fraction of sp³-hybridized carbons (Fsp3) is 0. The van der Waals surface area contributed by atoms with Crippen molar-refractivity contribution in [3.8, 4) is 11.8 Å². The maximum atomic E-state index is 10.4. The molecule has 4 heteroatoms. The molecule has 0 unspecified atom stereocenters. The first kappa shape index (κ1) is 9.81. The van der Waals surface area contributed by atoms with E-state index in [1.807, 2.05) is 5.92 Å². The second-order valence-electron chi connectivity index (χ2n) is 2.44. The summed E-state index contributed by atoms with van der Waals surface area (Å²) in [6.07, 6.45) is 0. The quantitative estimate of drug-likeness (QED) is 0.643. The van der Waals surface area contributed by atoms with Gasteiger partial charge in [0.15, 0.2) is 0 Å². The van der Waals surface area contributed by atoms with Crippen molar-refractivity contribution in [1.82, 2.24) is 0 Å². The molecule has 1 aromatic rings. The van der Waals surface area contributed by atoms with Gasteiger partial charge in [0.1, 0.15) is 0 Å². The van der Waals surface area contributed by atoms with Crippen molar-refractivity contribution in [2.45, 2.75) is 0 Å². The molecule has 0 aliphatic rings. The highest BCUT2D eigenvalue weighted by Gasteiger charge is 1.99. The number of rotatable bonds is 1. The molecular formula is C10H6O4. The molecule has 0 radical (unpaired) electrons. The van der Waals surface area contributed by atoms with E-state index in [0.29, 0.717) is 5.56 Å². The maximum absolute atomic E-state index is 10.4. The molecule has 1 aromatic carbocycles. The molecule has 0 atom stereocenters. The van der Waals surface area contributed by atoms with Gasteiger partial charge in [0.05, 0.1) is 5.56 Å². The van der Waals surface area contributed by atoms with Gasteiger partial charge in [-0.2, -0.15) is 0 Å². The van der Waals surface area contributed by atoms with Crippen molar-refractivity contribution in [3.63, 3.8) is 0 Å². The average molecular weight is 190 g/mol. The minimum Gasteiger partial charge on any atom is -0.478 e. The van der Waals surface area contributed by atoms with E-state index in [-0.39, 0.29) is 5.56 Å². The lowest BCUT2D eigenvalue weighted by atomic mass is 10.1. The summed E-state index contributed by atoms with van der Waals surface area (Å²) in [5.41, 5.74) is 0.614. The number of aromatic carboxylic acids is 1. The number of carboxylic acid groups (broad SMARTS) is 2. The number of aliphatic carboxylic acids is 1. The summed E-state index contributed by atoms with van der Waals surface area (Å²) in [6.45, 7) is 0. The van der Waals surface area contributed by atoms with E-state index in [9.17, 15) is 9.59 Å². The Morgan fingerprint density at radius 3 is 2.07 bits per heavy atom. The van der Waals surface area contributed by atoms with Crippen molar-refractivity contribution in [3.05, 3.63) is 35.4 Å². The van der Waals surface area contributed by atoms with Crippen molar-refractivity contribution in [1.29, 1.82) is 0 Å². The lowest BCUT2D eigenvalue weighted by Gasteiger charge is -1.92. The van der Waals surface area contributed by atoms with Crippen molar-refractivity contribution < 1.29 is 19.8 Å². The third-order valence-electron chi connectivity index (χ3n) is 1.45. The van der Waals surface area contributed by atoms with Crippen molar-refractivity contribution >= 4 is 11.9 Å². The molecule has 0 bridgehead atoms. The Kier molecular flexibility index (Phi) is 2.87. The largest absolute Gasteiger partial charge is 0.478 e. The van der Waals surface area contributed by atoms with Gasteiger partial charge in [-0.05, 0) is 24.3 Å². The lowest BCUT2D eigenvalue weighted by Crippen LogP contribution is -1.95. The Hall–Kier alpha value is -2.28. The van der Waals surface area contributed by atoms with Crippen LogP contribution in [0.3, 0.4) is 0 Å². The number of hydrogen-bond acceptors (Lipinski definition) is 2. The second-order valence-corrected chi connectivity index (χ2v) is 2.44. The first-order valence-corrected chi connectivity index (χ1v) is 3.68. The van der Waals surface area contributed by atoms with E-state index in [2.05, 4.69) is 5.92 Å². The van der Waals surface area contributed by atoms with Gasteiger partial charge in [-0.15, -0.1) is 0 Å². The molecule has 14 heavy (non-hydrogen) atoms. The zero-order chi connectivity index (χ0) is 10.6. The normalized spacial score (nSPS) is 8.57. The number of carbonyl (C=O) groups is 2. The zero-order valence-electron chi connectivity index (χ0n) is 7.02. The highest BCUT2D eigenvalue weighted by molar-refractivity contribution is 5.88. The number of hydrogen-bond donors (Lipinski definition) is 2. The lowest BCUT2D eigenvalue weighted by molar-refractivity contribution is -0.130. The molecule has 70 valence electrons. The molecule has 1 rings (SSSR count). The summed E-state index contributed by atoms with van der Waals surface area (Å²) in [6, 6.07) is 5.65. The molecule has 0 amide bonds. The smallest absolute Gasteiger partial charge is 0.382 e. The van der Waals surface area contributed by atoms with Gasteiger partial charge in [-0.25, -0.2) is 9.59 Å². The Balaban J connectivity index is 2.91. The number of carboxylic acids is 2. The van der Waals surface area contributed by atoms with Crippen LogP contribution in [0.15, 0.2) is 24.3 Å². The Morgan fingerprint density at radius 1 is 1.07 bits per heavy atom. The summed E-state index contributed by atoms with van der Waals surface area (Å²) in [4.78, 5) is 20.5. The monoisotopic (exact) mass is 190 g/mol. The van der Waals surface area contributed by atoms with Crippen LogP contribution in [0, 0.1) is 11.8 Å². The zero-order valence-corrected chi connectivity index (χ0v) is 7.02. The Morgan fingerprint density at radius 2 is 1.64 bits per heavy atom. The van der Waals surface area contributed by atoms with Crippen LogP contribution in [0.5, 0.6) is 0 Å². The Bertz CT molecular complexity index is 420. The second kappa shape index (κ2) is 4.10. The van der Waals surface area contributed by atoms with Crippen LogP contribution in [-0.2, 0) is 4.79 Å². The van der Waals surface area contributed by atoms with Crippen molar-refractivity contribution in [2.24, 2.45) is 0 Å². The molecule has 0 aliphatic carbocycles. The van der Waals surface area contributed by atoms with Gasteiger partial charge in [-0.1, -0.05) is 5.92 Å². The van der Waals surface area contributed by atoms with E-state index in [4.69, 9.17) is 10.2 Å². The van der Waals surface area contributed by atoms with E-state index < -0.39 is 11.9 Å². The van der Waals surface area contributed by atoms with Crippen LogP contribution in [0.25, 0.3) is 0 Å². The molecule has 2 N–H and O–H groups in total. The summed E-state index contributed by atoms with van der Waals surface area (Å²) >= 11 is 0. The predicted octanol–water partition coefficient (Wildman–Crippen LogP) is 0.821. The van der Waals surface area contributed by atoms with Crippen LogP contribution in [0.2, 0.25) is 0 Å². The maximum Gasteiger partial charge on any atom is 0.382 e. The fourth-order valence-electron chi connectivity index (χ4n) is 0.822. The molecule has 0 heterocycles. The van der Waals surface area contributed by atoms with Gasteiger partial charge >= 0.3 is 11.9 Å². The minimum absolute atomic E-state index is 0.144. The highest BCUT2D eigenvalue weighted by Crippen LogP contribution is 2.02. The summed E-state index contributed by atoms with van der Waals surface area (Å²) in [7, 11) is 0. The van der Waals surface area contributed by atoms with Crippen LogP contribution in [0.1, 0.15) is 15.9 Å². The molecule has 0 aromatic heterocycles. The molecule has 0 saturated heterocycles. The topological polar surface area (TPSA) is 74.6 Å². The predicted molar refractivity (Wildman–Crippen MR) is 47.9 cm³/mol. The highest BCUT2D eigenvalue weighted by atomic mass is 16.4. The van der Waals surface area contributed by atoms with Gasteiger partial charge in [0, 0.05) is 11.5 Å². The molecule has 0 aliphatic heterocycles. The van der Waals surface area contributed by atoms with E-state index in [0.717, 1.165) is 0 Å². The molecular weight excluding hydrogens is 184 g/mol. The Labute approximate surface area is 79.8 Å². The van der Waals surface area contributed by atoms with E-state index >= 15 is 0 Å². The summed E-state index contributed by atoms with van der Waals surface area (Å²) in [5, 5.41) is 16.8. The first-order chi connectivity index (χ1) is 6.59. The fourth-order valence-corrected chi connectivity index (χ4v) is 0.822. The van der Waals surface area contributed by atoms with E-state index in [1.165, 1.54) is 24.3 Å². The third-order valence-corrected chi connectivity index (χ3v) is 1.45. The van der Waals surface area contributed by atoms with Gasteiger partial charge < -0.3 is 10.2 Å². The van der Waals surface area contributed by atoms with Gasteiger partial charge in [0.2, 0.25) is 0 Å². The van der Waals surface area contributed by atoms with Crippen LogP contribution in [0.4, 0.5) is 0 Å². The van der Waals surface area contributed by atoms with Crippen LogP contribution < -0.4 is 0 Å². The van der Waals surface area contributed by atoms with Gasteiger partial charge in [-0.3, -0.25) is 0 Å². The van der Waals surface area contributed by atoms with Gasteiger partial charge in [0.25, 0.3) is 0 Å². The third kappa shape index (κ3) is 2.64. The molecule has 0 saturated carbocycles. The van der Waals surface area contributed by atoms with Crippen LogP contribution in [-0.4, -0.2) is 22.2 Å².